The van der Waals surface area contributed by atoms with Gasteiger partial charge in [-0.25, -0.2) is 0 Å². The first-order chi connectivity index (χ1) is 14.8. The molecule has 0 aliphatic carbocycles. The number of unbranched alkanes of at least 4 members (excludes halogenated alkanes) is 1. The summed E-state index contributed by atoms with van der Waals surface area (Å²) in [4.78, 5) is 30.3. The highest BCUT2D eigenvalue weighted by atomic mass is 16.5. The summed E-state index contributed by atoms with van der Waals surface area (Å²) < 4.78 is 11.5. The molecule has 3 rings (SSSR count). The summed E-state index contributed by atoms with van der Waals surface area (Å²) in [5.41, 5.74) is 4.11. The lowest BCUT2D eigenvalue weighted by molar-refractivity contribution is -0.138. The van der Waals surface area contributed by atoms with E-state index in [1.54, 1.807) is 0 Å². The molecule has 1 aromatic carbocycles. The van der Waals surface area contributed by atoms with Gasteiger partial charge in [-0.15, -0.1) is 0 Å². The van der Waals surface area contributed by atoms with E-state index in [1.807, 2.05) is 50.8 Å². The molecule has 2 amide bonds. The summed E-state index contributed by atoms with van der Waals surface area (Å²) in [6.07, 6.45) is 2.76. The minimum atomic E-state index is -0.205. The number of carbonyl (C=O) groups excluding carboxylic acids is 2. The minimum absolute atomic E-state index is 0.00108. The van der Waals surface area contributed by atoms with Gasteiger partial charge in [-0.05, 0) is 57.2 Å². The van der Waals surface area contributed by atoms with Gasteiger partial charge in [0.25, 0.3) is 11.8 Å². The van der Waals surface area contributed by atoms with Gasteiger partial charge in [0.05, 0.1) is 17.8 Å². The largest absolute Gasteiger partial charge is 0.381 e. The summed E-state index contributed by atoms with van der Waals surface area (Å²) in [5.74, 6) is -0.406. The maximum absolute atomic E-state index is 13.5. The van der Waals surface area contributed by atoms with Crippen LogP contribution in [0.4, 0.5) is 0 Å². The van der Waals surface area contributed by atoms with E-state index < -0.39 is 0 Å². The maximum Gasteiger partial charge on any atom is 0.277 e. The Bertz CT molecular complexity index is 838. The van der Waals surface area contributed by atoms with Crippen molar-refractivity contribution >= 4 is 17.4 Å². The second-order valence-corrected chi connectivity index (χ2v) is 8.77. The summed E-state index contributed by atoms with van der Waals surface area (Å²) in [5, 5.41) is 0. The molecule has 2 atom stereocenters. The van der Waals surface area contributed by atoms with Crippen molar-refractivity contribution in [2.75, 3.05) is 32.8 Å². The number of aryl methyl sites for hydroxylation is 2. The fraction of sp³-hybridized carbons (Fsp3) is 0.600. The van der Waals surface area contributed by atoms with Crippen LogP contribution in [-0.2, 0) is 19.1 Å². The molecule has 31 heavy (non-hydrogen) atoms. The predicted octanol–water partition coefficient (Wildman–Crippen LogP) is 3.70. The molecule has 0 bridgehead atoms. The highest BCUT2D eigenvalue weighted by Crippen LogP contribution is 2.34. The van der Waals surface area contributed by atoms with Crippen LogP contribution in [0.3, 0.4) is 0 Å². The van der Waals surface area contributed by atoms with Crippen LogP contribution in [0.15, 0.2) is 23.9 Å². The molecule has 2 aliphatic rings. The summed E-state index contributed by atoms with van der Waals surface area (Å²) in [6.45, 7) is 13.1. The first-order valence-corrected chi connectivity index (χ1v) is 11.5. The standard InChI is InChI=1S/C25H36N2O4/c1-6-7-12-30-13-8-11-27-24(28)22(21-10-9-17(2)18(3)14-21)23(25(27)29)26-15-19(4)31-20(5)16-26/h9-10,14,19-20H,6-8,11-13,15-16H2,1-5H3. The van der Waals surface area contributed by atoms with Crippen LogP contribution in [0.1, 0.15) is 56.7 Å². The average Bonchev–Trinajstić information content (AvgIpc) is 2.96. The number of ether oxygens (including phenoxy) is 2. The fourth-order valence-electron chi connectivity index (χ4n) is 4.25. The Labute approximate surface area is 186 Å². The van der Waals surface area contributed by atoms with Gasteiger partial charge in [-0.1, -0.05) is 31.5 Å². The Hall–Kier alpha value is -2.18. The number of amides is 2. The van der Waals surface area contributed by atoms with Gasteiger partial charge in [0.1, 0.15) is 5.70 Å². The van der Waals surface area contributed by atoms with Crippen LogP contribution in [0.25, 0.3) is 5.57 Å². The molecule has 6 nitrogen and oxygen atoms in total. The van der Waals surface area contributed by atoms with E-state index in [0.29, 0.717) is 43.9 Å². The van der Waals surface area contributed by atoms with Gasteiger partial charge in [-0.2, -0.15) is 0 Å². The van der Waals surface area contributed by atoms with E-state index in [0.717, 1.165) is 36.1 Å². The Morgan fingerprint density at radius 2 is 1.68 bits per heavy atom. The molecular weight excluding hydrogens is 392 g/mol. The molecular formula is C25H36N2O4. The molecule has 1 saturated heterocycles. The number of morpholine rings is 1. The SMILES string of the molecule is CCCCOCCCN1C(=O)C(c2ccc(C)c(C)c2)=C(N2CC(C)OC(C)C2)C1=O. The molecule has 0 aromatic heterocycles. The molecule has 0 radical (unpaired) electrons. The second-order valence-electron chi connectivity index (χ2n) is 8.77. The van der Waals surface area contributed by atoms with E-state index in [9.17, 15) is 9.59 Å². The summed E-state index contributed by atoms with van der Waals surface area (Å²) in [6, 6.07) is 5.98. The van der Waals surface area contributed by atoms with Crippen LogP contribution >= 0.6 is 0 Å². The zero-order valence-corrected chi connectivity index (χ0v) is 19.6. The molecule has 0 spiro atoms. The van der Waals surface area contributed by atoms with Gasteiger partial charge in [0, 0.05) is 32.8 Å². The number of rotatable bonds is 9. The van der Waals surface area contributed by atoms with E-state index in [2.05, 4.69) is 6.92 Å². The number of benzene rings is 1. The molecule has 1 fully saturated rings. The van der Waals surface area contributed by atoms with Crippen molar-refractivity contribution in [3.8, 4) is 0 Å². The van der Waals surface area contributed by atoms with Crippen molar-refractivity contribution in [3.63, 3.8) is 0 Å². The zero-order chi connectivity index (χ0) is 22.5. The molecule has 6 heteroatoms. The van der Waals surface area contributed by atoms with E-state index in [1.165, 1.54) is 4.90 Å². The predicted molar refractivity (Wildman–Crippen MR) is 121 cm³/mol. The highest BCUT2D eigenvalue weighted by molar-refractivity contribution is 6.35. The Morgan fingerprint density at radius 1 is 1.00 bits per heavy atom. The van der Waals surface area contributed by atoms with Crippen molar-refractivity contribution < 1.29 is 19.1 Å². The van der Waals surface area contributed by atoms with Gasteiger partial charge in [-0.3, -0.25) is 14.5 Å². The maximum atomic E-state index is 13.5. The lowest BCUT2D eigenvalue weighted by Gasteiger charge is -2.37. The first kappa shape index (κ1) is 23.5. The Morgan fingerprint density at radius 3 is 2.32 bits per heavy atom. The van der Waals surface area contributed by atoms with Gasteiger partial charge in [0.15, 0.2) is 0 Å². The molecule has 2 unspecified atom stereocenters. The first-order valence-electron chi connectivity index (χ1n) is 11.5. The van der Waals surface area contributed by atoms with Crippen molar-refractivity contribution in [1.29, 1.82) is 0 Å². The minimum Gasteiger partial charge on any atom is -0.381 e. The van der Waals surface area contributed by atoms with E-state index >= 15 is 0 Å². The lowest BCUT2D eigenvalue weighted by Crippen LogP contribution is -2.47. The van der Waals surface area contributed by atoms with Crippen molar-refractivity contribution in [2.24, 2.45) is 0 Å². The van der Waals surface area contributed by atoms with Crippen LogP contribution in [0.2, 0.25) is 0 Å². The normalized spacial score (nSPS) is 22.1. The van der Waals surface area contributed by atoms with E-state index in [-0.39, 0.29) is 24.0 Å². The molecule has 2 aliphatic heterocycles. The molecule has 170 valence electrons. The summed E-state index contributed by atoms with van der Waals surface area (Å²) in [7, 11) is 0. The van der Waals surface area contributed by atoms with E-state index in [4.69, 9.17) is 9.47 Å². The number of nitrogens with zero attached hydrogens (tertiary/aromatic N) is 2. The monoisotopic (exact) mass is 428 g/mol. The third-order valence-electron chi connectivity index (χ3n) is 5.99. The third kappa shape index (κ3) is 5.36. The van der Waals surface area contributed by atoms with Gasteiger partial charge in [0.2, 0.25) is 0 Å². The summed E-state index contributed by atoms with van der Waals surface area (Å²) >= 11 is 0. The van der Waals surface area contributed by atoms with Crippen LogP contribution in [0.5, 0.6) is 0 Å². The quantitative estimate of drug-likeness (QED) is 0.443. The molecule has 1 aromatic rings. The number of carbonyl (C=O) groups is 2. The van der Waals surface area contributed by atoms with Crippen LogP contribution in [0, 0.1) is 13.8 Å². The van der Waals surface area contributed by atoms with Crippen LogP contribution < -0.4 is 0 Å². The van der Waals surface area contributed by atoms with Crippen molar-refractivity contribution in [1.82, 2.24) is 9.80 Å². The van der Waals surface area contributed by atoms with Gasteiger partial charge >= 0.3 is 0 Å². The number of hydrogen-bond donors (Lipinski definition) is 0. The van der Waals surface area contributed by atoms with Crippen molar-refractivity contribution in [3.05, 3.63) is 40.6 Å². The Balaban J connectivity index is 1.87. The molecule has 0 saturated carbocycles. The average molecular weight is 429 g/mol. The zero-order valence-electron chi connectivity index (χ0n) is 19.6. The fourth-order valence-corrected chi connectivity index (χ4v) is 4.25. The highest BCUT2D eigenvalue weighted by Gasteiger charge is 2.42. The lowest BCUT2D eigenvalue weighted by atomic mass is 9.99. The molecule has 2 heterocycles. The number of hydrogen-bond acceptors (Lipinski definition) is 5. The topological polar surface area (TPSA) is 59.1 Å². The smallest absolute Gasteiger partial charge is 0.277 e. The van der Waals surface area contributed by atoms with Crippen molar-refractivity contribution in [2.45, 2.75) is 66.1 Å². The van der Waals surface area contributed by atoms with Gasteiger partial charge < -0.3 is 14.4 Å². The number of imide groups is 1. The second kappa shape index (κ2) is 10.4. The molecule has 0 N–H and O–H groups in total. The Kier molecular flexibility index (Phi) is 7.89. The van der Waals surface area contributed by atoms with Crippen LogP contribution in [-0.4, -0.2) is 66.7 Å². The third-order valence-corrected chi connectivity index (χ3v) is 5.99.